The molecular formula is C10H23N3O3S. The molecular weight excluding hydrogens is 242 g/mol. The quantitative estimate of drug-likeness (QED) is 0.294. The summed E-state index contributed by atoms with van der Waals surface area (Å²) in [5, 5.41) is 11.3. The first-order valence-corrected chi connectivity index (χ1v) is 7.38. The van der Waals surface area contributed by atoms with E-state index < -0.39 is 10.0 Å². The number of amidine groups is 1. The average molecular weight is 265 g/mol. The zero-order valence-corrected chi connectivity index (χ0v) is 11.6. The highest BCUT2D eigenvalue weighted by Crippen LogP contribution is 2.08. The Morgan fingerprint density at radius 1 is 1.47 bits per heavy atom. The molecule has 102 valence electrons. The molecule has 0 unspecified atom stereocenters. The molecule has 0 aromatic rings. The third-order valence-electron chi connectivity index (χ3n) is 2.17. The van der Waals surface area contributed by atoms with Crippen LogP contribution in [0.25, 0.3) is 0 Å². The van der Waals surface area contributed by atoms with Gasteiger partial charge in [-0.2, -0.15) is 0 Å². The maximum atomic E-state index is 11.9. The van der Waals surface area contributed by atoms with Crippen LogP contribution in [0.5, 0.6) is 0 Å². The molecule has 0 aliphatic carbocycles. The van der Waals surface area contributed by atoms with Crippen molar-refractivity contribution in [1.82, 2.24) is 4.31 Å². The van der Waals surface area contributed by atoms with Gasteiger partial charge in [0.2, 0.25) is 10.0 Å². The minimum atomic E-state index is -3.23. The van der Waals surface area contributed by atoms with Crippen molar-refractivity contribution in [2.24, 2.45) is 16.8 Å². The van der Waals surface area contributed by atoms with Crippen LogP contribution in [0.3, 0.4) is 0 Å². The summed E-state index contributed by atoms with van der Waals surface area (Å²) in [5.41, 5.74) is 5.35. The predicted octanol–water partition coefficient (Wildman–Crippen LogP) is 0.821. The molecule has 0 atom stereocenters. The third kappa shape index (κ3) is 6.48. The van der Waals surface area contributed by atoms with E-state index in [1.165, 1.54) is 4.31 Å². The Balaban J connectivity index is 4.65. The van der Waals surface area contributed by atoms with Crippen molar-refractivity contribution in [2.75, 3.05) is 18.8 Å². The molecule has 0 saturated carbocycles. The largest absolute Gasteiger partial charge is 0.409 e. The number of sulfonamides is 1. The maximum absolute atomic E-state index is 11.9. The lowest BCUT2D eigenvalue weighted by Crippen LogP contribution is -2.38. The summed E-state index contributed by atoms with van der Waals surface area (Å²) >= 11 is 0. The molecule has 0 saturated heterocycles. The van der Waals surface area contributed by atoms with Gasteiger partial charge in [-0.1, -0.05) is 25.9 Å². The summed E-state index contributed by atoms with van der Waals surface area (Å²) in [4.78, 5) is 0. The molecule has 0 spiro atoms. The van der Waals surface area contributed by atoms with Crippen molar-refractivity contribution in [3.63, 3.8) is 0 Å². The Bertz CT molecular complexity index is 339. The normalized spacial score (nSPS) is 13.6. The fourth-order valence-corrected chi connectivity index (χ4v) is 3.10. The zero-order valence-electron chi connectivity index (χ0n) is 10.8. The highest BCUT2D eigenvalue weighted by Gasteiger charge is 2.21. The highest BCUT2D eigenvalue weighted by atomic mass is 32.2. The maximum Gasteiger partial charge on any atom is 0.214 e. The van der Waals surface area contributed by atoms with Gasteiger partial charge in [0.1, 0.15) is 5.84 Å². The van der Waals surface area contributed by atoms with E-state index in [4.69, 9.17) is 10.9 Å². The first-order valence-electron chi connectivity index (χ1n) is 5.77. The summed E-state index contributed by atoms with van der Waals surface area (Å²) in [6.45, 7) is 6.46. The second kappa shape index (κ2) is 7.50. The van der Waals surface area contributed by atoms with Crippen LogP contribution in [0, 0.1) is 5.92 Å². The SMILES string of the molecule is CCCS(=O)(=O)N(CCC(N)=NO)CC(C)C. The molecule has 0 aliphatic heterocycles. The lowest BCUT2D eigenvalue weighted by atomic mass is 10.2. The van der Waals surface area contributed by atoms with Gasteiger partial charge in [-0.05, 0) is 12.3 Å². The van der Waals surface area contributed by atoms with Crippen LogP contribution in [-0.2, 0) is 10.0 Å². The van der Waals surface area contributed by atoms with Crippen LogP contribution >= 0.6 is 0 Å². The summed E-state index contributed by atoms with van der Waals surface area (Å²) in [6, 6.07) is 0. The molecule has 0 aliphatic rings. The molecule has 0 aromatic heterocycles. The first kappa shape index (κ1) is 16.2. The minimum absolute atomic E-state index is 0.0467. The number of oxime groups is 1. The Kier molecular flexibility index (Phi) is 7.13. The van der Waals surface area contributed by atoms with E-state index in [-0.39, 0.29) is 30.5 Å². The van der Waals surface area contributed by atoms with Crippen LogP contribution in [-0.4, -0.2) is 42.6 Å². The Morgan fingerprint density at radius 3 is 2.47 bits per heavy atom. The van der Waals surface area contributed by atoms with Gasteiger partial charge in [-0.15, -0.1) is 0 Å². The zero-order chi connectivity index (χ0) is 13.5. The monoisotopic (exact) mass is 265 g/mol. The van der Waals surface area contributed by atoms with Gasteiger partial charge in [0, 0.05) is 19.5 Å². The van der Waals surface area contributed by atoms with Crippen molar-refractivity contribution in [2.45, 2.75) is 33.6 Å². The topological polar surface area (TPSA) is 96.0 Å². The number of rotatable bonds is 8. The Hall–Kier alpha value is -0.820. The van der Waals surface area contributed by atoms with Gasteiger partial charge in [0.05, 0.1) is 5.75 Å². The van der Waals surface area contributed by atoms with Crippen LogP contribution < -0.4 is 5.73 Å². The van der Waals surface area contributed by atoms with E-state index in [0.29, 0.717) is 13.0 Å². The lowest BCUT2D eigenvalue weighted by molar-refractivity contribution is 0.314. The number of nitrogens with zero attached hydrogens (tertiary/aromatic N) is 2. The Labute approximate surface area is 104 Å². The molecule has 0 aromatic carbocycles. The third-order valence-corrected chi connectivity index (χ3v) is 4.21. The molecule has 0 heterocycles. The van der Waals surface area contributed by atoms with E-state index in [0.717, 1.165) is 0 Å². The van der Waals surface area contributed by atoms with Gasteiger partial charge in [0.25, 0.3) is 0 Å². The molecule has 0 fully saturated rings. The molecule has 0 rings (SSSR count). The molecule has 6 nitrogen and oxygen atoms in total. The minimum Gasteiger partial charge on any atom is -0.409 e. The summed E-state index contributed by atoms with van der Waals surface area (Å²) in [5.74, 6) is 0.426. The molecule has 0 radical (unpaired) electrons. The first-order chi connectivity index (χ1) is 7.83. The van der Waals surface area contributed by atoms with E-state index >= 15 is 0 Å². The molecule has 7 heteroatoms. The predicted molar refractivity (Wildman–Crippen MR) is 68.5 cm³/mol. The fraction of sp³-hybridized carbons (Fsp3) is 0.900. The van der Waals surface area contributed by atoms with E-state index in [1.807, 2.05) is 20.8 Å². The summed E-state index contributed by atoms with van der Waals surface area (Å²) in [6.07, 6.45) is 0.826. The molecule has 3 N–H and O–H groups in total. The van der Waals surface area contributed by atoms with Crippen LogP contribution in [0.2, 0.25) is 0 Å². The van der Waals surface area contributed by atoms with E-state index in [2.05, 4.69) is 5.16 Å². The smallest absolute Gasteiger partial charge is 0.214 e. The highest BCUT2D eigenvalue weighted by molar-refractivity contribution is 7.89. The summed E-state index contributed by atoms with van der Waals surface area (Å²) < 4.78 is 25.3. The molecule has 0 bridgehead atoms. The lowest BCUT2D eigenvalue weighted by Gasteiger charge is -2.23. The van der Waals surface area contributed by atoms with E-state index in [9.17, 15) is 8.42 Å². The molecule has 0 amide bonds. The van der Waals surface area contributed by atoms with Crippen LogP contribution in [0.4, 0.5) is 0 Å². The standard InChI is InChI=1S/C10H23N3O3S/c1-4-7-17(15,16)13(8-9(2)3)6-5-10(11)12-14/h9,14H,4-8H2,1-3H3,(H2,11,12). The number of hydrogen-bond donors (Lipinski definition) is 2. The van der Waals surface area contributed by atoms with Crippen LogP contribution in [0.1, 0.15) is 33.6 Å². The van der Waals surface area contributed by atoms with Crippen molar-refractivity contribution < 1.29 is 13.6 Å². The van der Waals surface area contributed by atoms with Gasteiger partial charge in [-0.3, -0.25) is 0 Å². The van der Waals surface area contributed by atoms with Crippen molar-refractivity contribution >= 4 is 15.9 Å². The van der Waals surface area contributed by atoms with Gasteiger partial charge in [0.15, 0.2) is 0 Å². The van der Waals surface area contributed by atoms with Gasteiger partial charge in [-0.25, -0.2) is 12.7 Å². The Morgan fingerprint density at radius 2 is 2.06 bits per heavy atom. The second-order valence-electron chi connectivity index (χ2n) is 4.41. The number of nitrogens with two attached hydrogens (primary N) is 1. The fourth-order valence-electron chi connectivity index (χ4n) is 1.43. The van der Waals surface area contributed by atoms with Crippen molar-refractivity contribution in [1.29, 1.82) is 0 Å². The number of hydrogen-bond acceptors (Lipinski definition) is 4. The average Bonchev–Trinajstić information content (AvgIpc) is 2.22. The van der Waals surface area contributed by atoms with E-state index in [1.54, 1.807) is 0 Å². The van der Waals surface area contributed by atoms with Gasteiger partial charge < -0.3 is 10.9 Å². The van der Waals surface area contributed by atoms with Gasteiger partial charge >= 0.3 is 0 Å². The molecule has 17 heavy (non-hydrogen) atoms. The van der Waals surface area contributed by atoms with Crippen LogP contribution in [0.15, 0.2) is 5.16 Å². The van der Waals surface area contributed by atoms with Crippen molar-refractivity contribution in [3.05, 3.63) is 0 Å². The summed E-state index contributed by atoms with van der Waals surface area (Å²) in [7, 11) is -3.23. The second-order valence-corrected chi connectivity index (χ2v) is 6.50. The van der Waals surface area contributed by atoms with Crippen molar-refractivity contribution in [3.8, 4) is 0 Å².